The molecular formula is C57H115N5O6. The molecule has 0 spiro atoms. The van der Waals surface area contributed by atoms with Crippen molar-refractivity contribution in [3.63, 3.8) is 0 Å². The molecule has 0 bridgehead atoms. The monoisotopic (exact) mass is 966 g/mol. The van der Waals surface area contributed by atoms with E-state index in [1.165, 1.54) is 167 Å². The highest BCUT2D eigenvalue weighted by atomic mass is 16.5. The largest absolute Gasteiger partial charge is 0.466 e. The summed E-state index contributed by atoms with van der Waals surface area (Å²) in [6, 6.07) is 0. The van der Waals surface area contributed by atoms with E-state index in [2.05, 4.69) is 56.2 Å². The fourth-order valence-electron chi connectivity index (χ4n) is 8.51. The number of carbonyl (C=O) groups is 4. The van der Waals surface area contributed by atoms with Crippen LogP contribution in [0.5, 0.6) is 0 Å². The number of rotatable bonds is 47. The highest BCUT2D eigenvalue weighted by Crippen LogP contribution is 2.13. The zero-order valence-electron chi connectivity index (χ0n) is 46.4. The van der Waals surface area contributed by atoms with Gasteiger partial charge in [0.05, 0.1) is 13.2 Å². The Hall–Kier alpha value is -2.08. The van der Waals surface area contributed by atoms with Crippen molar-refractivity contribution in [2.24, 2.45) is 0 Å². The predicted octanol–water partition coefficient (Wildman–Crippen LogP) is 12.8. The van der Waals surface area contributed by atoms with Gasteiger partial charge in [-0.25, -0.2) is 0 Å². The lowest BCUT2D eigenvalue weighted by atomic mass is 10.1. The first-order valence-corrected chi connectivity index (χ1v) is 29.0. The fourth-order valence-corrected chi connectivity index (χ4v) is 8.51. The Labute approximate surface area is 422 Å². The first kappa shape index (κ1) is 68.0. The summed E-state index contributed by atoms with van der Waals surface area (Å²) < 4.78 is 10.00. The van der Waals surface area contributed by atoms with Crippen LogP contribution in [0.3, 0.4) is 0 Å². The lowest BCUT2D eigenvalue weighted by molar-refractivity contribution is -0.144. The lowest BCUT2D eigenvalue weighted by Gasteiger charge is -2.34. The van der Waals surface area contributed by atoms with Crippen LogP contribution in [0.2, 0.25) is 0 Å². The molecule has 0 aliphatic carbocycles. The van der Waals surface area contributed by atoms with Gasteiger partial charge in [-0.1, -0.05) is 183 Å². The van der Waals surface area contributed by atoms with E-state index >= 15 is 0 Å². The number of ether oxygens (including phenoxy) is 2. The molecule has 0 radical (unpaired) electrons. The fraction of sp³-hybridized carbons (Fsp3) is 0.930. The van der Waals surface area contributed by atoms with Gasteiger partial charge in [-0.15, -0.1) is 0 Å². The molecule has 0 aromatic rings. The van der Waals surface area contributed by atoms with Crippen molar-refractivity contribution in [1.82, 2.24) is 24.5 Å². The molecule has 1 aliphatic rings. The zero-order chi connectivity index (χ0) is 50.4. The van der Waals surface area contributed by atoms with E-state index in [4.69, 9.17) is 9.47 Å². The lowest BCUT2D eigenvalue weighted by Crippen LogP contribution is -2.51. The molecule has 0 N–H and O–H groups in total. The van der Waals surface area contributed by atoms with Gasteiger partial charge in [0.2, 0.25) is 12.3 Å². The van der Waals surface area contributed by atoms with Gasteiger partial charge in [0, 0.05) is 65.8 Å². The van der Waals surface area contributed by atoms with E-state index < -0.39 is 0 Å². The molecule has 0 aromatic carbocycles. The Kier molecular flexibility index (Phi) is 55.8. The molecule has 1 saturated heterocycles. The maximum absolute atomic E-state index is 13.3. The summed E-state index contributed by atoms with van der Waals surface area (Å²) in [6.07, 6.45) is 39.9. The molecule has 0 atom stereocenters. The van der Waals surface area contributed by atoms with Crippen LogP contribution in [0.4, 0.5) is 0 Å². The molecule has 0 saturated carbocycles. The molecule has 404 valence electrons. The quantitative estimate of drug-likeness (QED) is 0.0335. The number of methoxy groups -OCH3 is 1. The van der Waals surface area contributed by atoms with Crippen molar-refractivity contribution < 1.29 is 28.7 Å². The smallest absolute Gasteiger partial charge is 0.305 e. The number of unbranched alkanes of at least 4 members (excludes halogenated alkanes) is 23. The standard InChI is InChI=1S/C36H72N4O2.C15H29NO3.C6H14O/c1-4-7-10-13-16-19-22-25-37(26-23-20-17-14-11-8-5-2)28-29-38(27-24-21-18-15-12-9-6-3)34-36(42)40-32-30-39(35-41)31-33-40;1-3-5-8-14-19-15(18)10-9-12-16(4-2)11-6-7-13-17;1-3-4-5-6-7-2/h35H,4-34H2,1-3H3;13H,3-12,14H2,1-2H3;3-6H2,1-2H3. The van der Waals surface area contributed by atoms with Gasteiger partial charge in [0.25, 0.3) is 0 Å². The Morgan fingerprint density at radius 3 is 1.32 bits per heavy atom. The molecule has 1 aliphatic heterocycles. The topological polar surface area (TPSA) is 103 Å². The molecule has 1 fully saturated rings. The minimum absolute atomic E-state index is 0.0833. The van der Waals surface area contributed by atoms with Gasteiger partial charge in [0.15, 0.2) is 0 Å². The van der Waals surface area contributed by atoms with E-state index in [0.29, 0.717) is 52.2 Å². The molecule has 0 aromatic heterocycles. The molecule has 11 nitrogen and oxygen atoms in total. The number of piperazine rings is 1. The Bertz CT molecular complexity index is 1040. The summed E-state index contributed by atoms with van der Waals surface area (Å²) in [5, 5.41) is 0. The van der Waals surface area contributed by atoms with Gasteiger partial charge >= 0.3 is 5.97 Å². The molecule has 1 heterocycles. The molecule has 0 unspecified atom stereocenters. The number of esters is 1. The SMILES string of the molecule is CCCCCCCCCN(CCCCCCCCC)CCN(CCCCCCCCC)CC(=O)N1CCN(C=O)CC1.CCCCCOC.CCCCCOC(=O)CCCN(CC)CCCC=O. The Morgan fingerprint density at radius 2 is 0.868 bits per heavy atom. The third kappa shape index (κ3) is 47.6. The van der Waals surface area contributed by atoms with E-state index in [0.717, 1.165) is 90.7 Å². The third-order valence-corrected chi connectivity index (χ3v) is 13.2. The van der Waals surface area contributed by atoms with Gasteiger partial charge in [-0.05, 0) is 84.2 Å². The molecule has 2 amide bonds. The van der Waals surface area contributed by atoms with Gasteiger partial charge in [-0.2, -0.15) is 0 Å². The van der Waals surface area contributed by atoms with E-state index in [-0.39, 0.29) is 11.9 Å². The van der Waals surface area contributed by atoms with Crippen LogP contribution in [0.15, 0.2) is 0 Å². The summed E-state index contributed by atoms with van der Waals surface area (Å²) in [5.74, 6) is 0.161. The summed E-state index contributed by atoms with van der Waals surface area (Å²) in [5.41, 5.74) is 0. The highest BCUT2D eigenvalue weighted by Gasteiger charge is 2.22. The van der Waals surface area contributed by atoms with Crippen LogP contribution in [0, 0.1) is 0 Å². The number of carbonyl (C=O) groups excluding carboxylic acids is 4. The number of nitrogens with zero attached hydrogens (tertiary/aromatic N) is 5. The average Bonchev–Trinajstić information content (AvgIpc) is 3.35. The molecule has 68 heavy (non-hydrogen) atoms. The summed E-state index contributed by atoms with van der Waals surface area (Å²) in [4.78, 5) is 57.3. The Balaban J connectivity index is 0. The van der Waals surface area contributed by atoms with E-state index in [1.54, 1.807) is 12.0 Å². The second-order valence-corrected chi connectivity index (χ2v) is 19.5. The van der Waals surface area contributed by atoms with Crippen molar-refractivity contribution >= 4 is 24.6 Å². The molecular weight excluding hydrogens is 851 g/mol. The first-order valence-electron chi connectivity index (χ1n) is 29.0. The minimum atomic E-state index is -0.0833. The van der Waals surface area contributed by atoms with Crippen molar-refractivity contribution in [2.45, 2.75) is 241 Å². The number of aldehydes is 1. The van der Waals surface area contributed by atoms with Crippen molar-refractivity contribution in [2.75, 3.05) is 105 Å². The maximum Gasteiger partial charge on any atom is 0.305 e. The van der Waals surface area contributed by atoms with Gasteiger partial charge in [0.1, 0.15) is 6.29 Å². The third-order valence-electron chi connectivity index (χ3n) is 13.2. The average molecular weight is 967 g/mol. The van der Waals surface area contributed by atoms with Crippen molar-refractivity contribution in [3.05, 3.63) is 0 Å². The van der Waals surface area contributed by atoms with Crippen LogP contribution >= 0.6 is 0 Å². The van der Waals surface area contributed by atoms with Crippen molar-refractivity contribution in [1.29, 1.82) is 0 Å². The summed E-state index contributed by atoms with van der Waals surface area (Å²) in [7, 11) is 1.75. The van der Waals surface area contributed by atoms with Crippen LogP contribution in [0.25, 0.3) is 0 Å². The van der Waals surface area contributed by atoms with Crippen LogP contribution in [0.1, 0.15) is 241 Å². The van der Waals surface area contributed by atoms with E-state index in [1.807, 2.05) is 4.90 Å². The van der Waals surface area contributed by atoms with Crippen LogP contribution < -0.4 is 0 Å². The highest BCUT2D eigenvalue weighted by molar-refractivity contribution is 5.78. The van der Waals surface area contributed by atoms with Crippen molar-refractivity contribution in [3.8, 4) is 0 Å². The van der Waals surface area contributed by atoms with E-state index in [9.17, 15) is 19.2 Å². The van der Waals surface area contributed by atoms with Gasteiger partial charge < -0.3 is 33.9 Å². The summed E-state index contributed by atoms with van der Waals surface area (Å²) >= 11 is 0. The zero-order valence-corrected chi connectivity index (χ0v) is 46.4. The van der Waals surface area contributed by atoms with Gasteiger partial charge in [-0.3, -0.25) is 19.3 Å². The van der Waals surface area contributed by atoms with Crippen LogP contribution in [-0.4, -0.2) is 154 Å². The second-order valence-electron chi connectivity index (χ2n) is 19.5. The minimum Gasteiger partial charge on any atom is -0.466 e. The normalized spacial score (nSPS) is 12.6. The maximum atomic E-state index is 13.3. The molecule has 1 rings (SSSR count). The Morgan fingerprint density at radius 1 is 0.456 bits per heavy atom. The first-order chi connectivity index (χ1) is 33.3. The predicted molar refractivity (Wildman–Crippen MR) is 290 cm³/mol. The number of hydrogen-bond donors (Lipinski definition) is 0. The number of hydrogen-bond acceptors (Lipinski definition) is 9. The number of amides is 2. The summed E-state index contributed by atoms with van der Waals surface area (Å²) in [6.45, 7) is 26.3. The second kappa shape index (κ2) is 55.8. The molecule has 11 heteroatoms. The van der Waals surface area contributed by atoms with Crippen LogP contribution in [-0.2, 0) is 28.7 Å².